The van der Waals surface area contributed by atoms with Gasteiger partial charge in [0, 0.05) is 25.5 Å². The number of aliphatic carboxylic acids is 1. The van der Waals surface area contributed by atoms with Crippen molar-refractivity contribution in [2.75, 3.05) is 18.0 Å². The third-order valence-electron chi connectivity index (χ3n) is 2.76. The molecule has 6 heteroatoms. The first-order chi connectivity index (χ1) is 7.68. The lowest BCUT2D eigenvalue weighted by Gasteiger charge is -2.30. The maximum Gasteiger partial charge on any atom is 0.308 e. The second kappa shape index (κ2) is 4.34. The highest BCUT2D eigenvalue weighted by molar-refractivity contribution is 5.71. The van der Waals surface area contributed by atoms with Crippen molar-refractivity contribution >= 4 is 11.8 Å². The van der Waals surface area contributed by atoms with Crippen molar-refractivity contribution in [3.05, 3.63) is 22.7 Å². The molecule has 0 aromatic carbocycles. The summed E-state index contributed by atoms with van der Waals surface area (Å²) >= 11 is 0. The number of hydrogen-bond acceptors (Lipinski definition) is 4. The standard InChI is InChI=1S/C10H13N3O3/c14-9-8(11-3-4-12-9)13-5-1-2-7(6-13)10(15)16/h3-4,7H,1-2,5-6H2,(H,12,14)(H,15,16)/t7-/m1/s1. The number of carbonyl (C=O) groups is 1. The number of aromatic nitrogens is 2. The quantitative estimate of drug-likeness (QED) is 0.741. The maximum atomic E-state index is 11.5. The van der Waals surface area contributed by atoms with Gasteiger partial charge in [-0.2, -0.15) is 0 Å². The molecule has 0 spiro atoms. The molecule has 0 bridgehead atoms. The molecule has 2 heterocycles. The molecule has 0 unspecified atom stereocenters. The molecule has 86 valence electrons. The fourth-order valence-corrected chi connectivity index (χ4v) is 1.94. The number of anilines is 1. The predicted molar refractivity (Wildman–Crippen MR) is 57.4 cm³/mol. The molecule has 2 rings (SSSR count). The first-order valence-electron chi connectivity index (χ1n) is 5.20. The molecule has 1 aromatic rings. The zero-order chi connectivity index (χ0) is 11.5. The van der Waals surface area contributed by atoms with Crippen molar-refractivity contribution in [3.8, 4) is 0 Å². The summed E-state index contributed by atoms with van der Waals surface area (Å²) in [6.45, 7) is 1.04. The molecule has 1 aliphatic heterocycles. The van der Waals surface area contributed by atoms with E-state index in [2.05, 4.69) is 9.97 Å². The summed E-state index contributed by atoms with van der Waals surface area (Å²) in [4.78, 5) is 30.6. The minimum absolute atomic E-state index is 0.270. The lowest BCUT2D eigenvalue weighted by atomic mass is 9.98. The summed E-state index contributed by atoms with van der Waals surface area (Å²) in [5, 5.41) is 8.94. The Bertz CT molecular complexity index is 443. The molecular formula is C10H13N3O3. The summed E-state index contributed by atoms with van der Waals surface area (Å²) in [5.74, 6) is -0.902. The molecule has 1 atom stereocenters. The van der Waals surface area contributed by atoms with E-state index in [9.17, 15) is 9.59 Å². The molecule has 6 nitrogen and oxygen atoms in total. The van der Waals surface area contributed by atoms with E-state index in [0.717, 1.165) is 6.42 Å². The highest BCUT2D eigenvalue weighted by Gasteiger charge is 2.27. The van der Waals surface area contributed by atoms with Crippen LogP contribution in [0.2, 0.25) is 0 Å². The molecule has 16 heavy (non-hydrogen) atoms. The van der Waals surface area contributed by atoms with Crippen LogP contribution in [-0.4, -0.2) is 34.1 Å². The Kier molecular flexibility index (Phi) is 2.89. The Hall–Kier alpha value is -1.85. The second-order valence-corrected chi connectivity index (χ2v) is 3.87. The molecule has 2 N–H and O–H groups in total. The van der Waals surface area contributed by atoms with Crippen LogP contribution in [0.3, 0.4) is 0 Å². The van der Waals surface area contributed by atoms with Gasteiger partial charge in [-0.1, -0.05) is 0 Å². The van der Waals surface area contributed by atoms with Gasteiger partial charge >= 0.3 is 5.97 Å². The van der Waals surface area contributed by atoms with E-state index in [0.29, 0.717) is 25.3 Å². The molecule has 1 aliphatic rings. The normalized spacial score (nSPS) is 20.8. The van der Waals surface area contributed by atoms with Crippen LogP contribution in [0.25, 0.3) is 0 Å². The smallest absolute Gasteiger partial charge is 0.308 e. The van der Waals surface area contributed by atoms with Gasteiger partial charge in [0.2, 0.25) is 0 Å². The van der Waals surface area contributed by atoms with Gasteiger partial charge in [0.15, 0.2) is 5.82 Å². The van der Waals surface area contributed by atoms with Crippen molar-refractivity contribution in [2.24, 2.45) is 5.92 Å². The topological polar surface area (TPSA) is 86.3 Å². The lowest BCUT2D eigenvalue weighted by Crippen LogP contribution is -2.41. The van der Waals surface area contributed by atoms with E-state index in [-0.39, 0.29) is 5.56 Å². The van der Waals surface area contributed by atoms with Crippen LogP contribution >= 0.6 is 0 Å². The Labute approximate surface area is 91.9 Å². The van der Waals surface area contributed by atoms with E-state index in [1.165, 1.54) is 12.4 Å². The van der Waals surface area contributed by atoms with Crippen molar-refractivity contribution in [1.82, 2.24) is 9.97 Å². The zero-order valence-corrected chi connectivity index (χ0v) is 8.72. The van der Waals surface area contributed by atoms with E-state index >= 15 is 0 Å². The second-order valence-electron chi connectivity index (χ2n) is 3.87. The lowest BCUT2D eigenvalue weighted by molar-refractivity contribution is -0.141. The monoisotopic (exact) mass is 223 g/mol. The van der Waals surface area contributed by atoms with Crippen LogP contribution in [0, 0.1) is 5.92 Å². The van der Waals surface area contributed by atoms with Crippen molar-refractivity contribution in [1.29, 1.82) is 0 Å². The summed E-state index contributed by atoms with van der Waals surface area (Å²) in [6, 6.07) is 0. The van der Waals surface area contributed by atoms with Gasteiger partial charge in [-0.25, -0.2) is 4.98 Å². The minimum Gasteiger partial charge on any atom is -0.481 e. The predicted octanol–water partition coefficient (Wildman–Crippen LogP) is 0.0709. The molecule has 0 aliphatic carbocycles. The van der Waals surface area contributed by atoms with Crippen LogP contribution < -0.4 is 10.5 Å². The largest absolute Gasteiger partial charge is 0.481 e. The van der Waals surface area contributed by atoms with Crippen molar-refractivity contribution in [3.63, 3.8) is 0 Å². The number of piperidine rings is 1. The van der Waals surface area contributed by atoms with Gasteiger partial charge in [-0.05, 0) is 12.8 Å². The number of nitrogens with zero attached hydrogens (tertiary/aromatic N) is 2. The number of rotatable bonds is 2. The van der Waals surface area contributed by atoms with Crippen molar-refractivity contribution < 1.29 is 9.90 Å². The molecule has 0 radical (unpaired) electrons. The van der Waals surface area contributed by atoms with Gasteiger partial charge < -0.3 is 15.0 Å². The van der Waals surface area contributed by atoms with Crippen LogP contribution in [0.4, 0.5) is 5.82 Å². The van der Waals surface area contributed by atoms with E-state index < -0.39 is 11.9 Å². The molecule has 1 aromatic heterocycles. The van der Waals surface area contributed by atoms with Gasteiger partial charge in [0.1, 0.15) is 0 Å². The Balaban J connectivity index is 2.19. The average molecular weight is 223 g/mol. The Morgan fingerprint density at radius 3 is 3.12 bits per heavy atom. The van der Waals surface area contributed by atoms with Crippen LogP contribution in [0.5, 0.6) is 0 Å². The van der Waals surface area contributed by atoms with E-state index in [1.807, 2.05) is 0 Å². The highest BCUT2D eigenvalue weighted by atomic mass is 16.4. The number of H-pyrrole nitrogens is 1. The zero-order valence-electron chi connectivity index (χ0n) is 8.72. The number of carboxylic acid groups (broad SMARTS) is 1. The Morgan fingerprint density at radius 1 is 1.62 bits per heavy atom. The first kappa shape index (κ1) is 10.7. The fraction of sp³-hybridized carbons (Fsp3) is 0.500. The van der Waals surface area contributed by atoms with E-state index in [1.54, 1.807) is 4.90 Å². The first-order valence-corrected chi connectivity index (χ1v) is 5.20. The molecular weight excluding hydrogens is 210 g/mol. The summed E-state index contributed by atoms with van der Waals surface area (Å²) < 4.78 is 0. The van der Waals surface area contributed by atoms with Crippen molar-refractivity contribution in [2.45, 2.75) is 12.8 Å². The number of carboxylic acids is 1. The van der Waals surface area contributed by atoms with Crippen LogP contribution in [-0.2, 0) is 4.79 Å². The molecule has 1 fully saturated rings. The number of hydrogen-bond donors (Lipinski definition) is 2. The maximum absolute atomic E-state index is 11.5. The van der Waals surface area contributed by atoms with Gasteiger partial charge in [0.25, 0.3) is 5.56 Å². The van der Waals surface area contributed by atoms with Crippen LogP contribution in [0.1, 0.15) is 12.8 Å². The van der Waals surface area contributed by atoms with Gasteiger partial charge in [0.05, 0.1) is 5.92 Å². The number of aromatic amines is 1. The molecule has 1 saturated heterocycles. The number of nitrogens with one attached hydrogen (secondary N) is 1. The summed E-state index contributed by atoms with van der Waals surface area (Å²) in [5.41, 5.74) is -0.270. The third-order valence-corrected chi connectivity index (χ3v) is 2.76. The summed E-state index contributed by atoms with van der Waals surface area (Å²) in [6.07, 6.45) is 4.40. The average Bonchev–Trinajstić information content (AvgIpc) is 2.30. The molecule has 0 saturated carbocycles. The third kappa shape index (κ3) is 2.05. The van der Waals surface area contributed by atoms with Gasteiger partial charge in [-0.3, -0.25) is 9.59 Å². The summed E-state index contributed by atoms with van der Waals surface area (Å²) in [7, 11) is 0. The van der Waals surface area contributed by atoms with Gasteiger partial charge in [-0.15, -0.1) is 0 Å². The molecule has 0 amide bonds. The SMILES string of the molecule is O=C(O)[C@@H]1CCCN(c2ncc[nH]c2=O)C1. The Morgan fingerprint density at radius 2 is 2.44 bits per heavy atom. The highest BCUT2D eigenvalue weighted by Crippen LogP contribution is 2.19. The van der Waals surface area contributed by atoms with E-state index in [4.69, 9.17) is 5.11 Å². The fourth-order valence-electron chi connectivity index (χ4n) is 1.94. The van der Waals surface area contributed by atoms with Crippen LogP contribution in [0.15, 0.2) is 17.2 Å². The minimum atomic E-state index is -0.808.